The fourth-order valence-electron chi connectivity index (χ4n) is 0.433. The summed E-state index contributed by atoms with van der Waals surface area (Å²) in [5, 5.41) is 0. The molecule has 0 aliphatic heterocycles. The quantitative estimate of drug-likeness (QED) is 0.647. The van der Waals surface area contributed by atoms with Crippen LogP contribution in [-0.4, -0.2) is 30.3 Å². The normalized spacial score (nSPS) is 34.8. The summed E-state index contributed by atoms with van der Waals surface area (Å²) in [5.41, 5.74) is -2.09. The Hall–Kier alpha value is 1.09. The van der Waals surface area contributed by atoms with Crippen LogP contribution in [0.15, 0.2) is 0 Å². The predicted molar refractivity (Wildman–Crippen MR) is 47.2 cm³/mol. The Bertz CT molecular complexity index is 180. The molecule has 0 saturated carbocycles. The van der Waals surface area contributed by atoms with Gasteiger partial charge in [0.2, 0.25) is 0 Å². The van der Waals surface area contributed by atoms with Crippen molar-refractivity contribution in [2.75, 3.05) is 0 Å². The minimum atomic E-state index is -3.53. The van der Waals surface area contributed by atoms with E-state index in [1.54, 1.807) is 5.76 Å². The topological polar surface area (TPSA) is 0 Å². The Balaban J connectivity index is 4.86. The van der Waals surface area contributed by atoms with E-state index < -0.39 is 34.1 Å². The van der Waals surface area contributed by atoms with Gasteiger partial charge in [-0.15, -0.1) is 0 Å². The molecular formula is C6H18Ge2. The molecule has 0 amide bonds. The Morgan fingerprint density at radius 1 is 1.38 bits per heavy atom. The van der Waals surface area contributed by atoms with E-state index >= 15 is 0 Å². The number of rotatable bonds is 2. The molecule has 0 saturated heterocycles. The van der Waals surface area contributed by atoms with Crippen molar-refractivity contribution in [2.45, 2.75) is 33.5 Å². The molecule has 0 aromatic rings. The van der Waals surface area contributed by atoms with Crippen molar-refractivity contribution in [3.05, 3.63) is 0 Å². The molecule has 0 heterocycles. The van der Waals surface area contributed by atoms with Gasteiger partial charge >= 0.3 is 67.8 Å². The van der Waals surface area contributed by atoms with Gasteiger partial charge in [0.05, 0.1) is 0 Å². The average Bonchev–Trinajstić information content (AvgIpc) is 1.81. The molecule has 0 rings (SSSR count). The first-order chi connectivity index (χ1) is 5.40. The maximum atomic E-state index is 7.99. The van der Waals surface area contributed by atoms with Gasteiger partial charge in [-0.05, 0) is 0 Å². The second-order valence-electron chi connectivity index (χ2n) is 2.48. The average molecular weight is 240 g/mol. The van der Waals surface area contributed by atoms with E-state index in [1.165, 1.54) is 0 Å². The van der Waals surface area contributed by atoms with Crippen LogP contribution in [0.2, 0.25) is 26.5 Å². The standard InChI is InChI=1S/C6H18Ge2/c1-6(7(2)3)8(4)5/h6-8H,1-5H3/i2D3,7D,8D/t6-,7?/m0/s1. The van der Waals surface area contributed by atoms with Crippen LogP contribution >= 0.6 is 0 Å². The molecule has 0 bridgehead atoms. The van der Waals surface area contributed by atoms with E-state index in [2.05, 4.69) is 0 Å². The van der Waals surface area contributed by atoms with Crippen molar-refractivity contribution in [3.8, 4) is 0 Å². The molecule has 50 valence electrons. The van der Waals surface area contributed by atoms with Gasteiger partial charge in [-0.1, -0.05) is 0 Å². The van der Waals surface area contributed by atoms with E-state index in [9.17, 15) is 0 Å². The van der Waals surface area contributed by atoms with Crippen molar-refractivity contribution in [1.82, 2.24) is 0 Å². The minimum absolute atomic E-state index is 0.132. The summed E-state index contributed by atoms with van der Waals surface area (Å²) >= 11 is -6.24. The van der Waals surface area contributed by atoms with Crippen LogP contribution in [0, 0.1) is 0 Å². The summed E-state index contributed by atoms with van der Waals surface area (Å²) in [6, 6.07) is 0. The second-order valence-corrected chi connectivity index (χ2v) is 16.0. The molecule has 0 spiro atoms. The van der Waals surface area contributed by atoms with Crippen LogP contribution in [0.4, 0.5) is 0 Å². The third-order valence-electron chi connectivity index (χ3n) is 1.52. The zero-order chi connectivity index (χ0) is 11.1. The summed E-state index contributed by atoms with van der Waals surface area (Å²) in [7, 11) is 0. The molecule has 0 fully saturated rings. The van der Waals surface area contributed by atoms with Crippen LogP contribution in [0.25, 0.3) is 0 Å². The summed E-state index contributed by atoms with van der Waals surface area (Å²) in [6.45, 7) is 1.81. The van der Waals surface area contributed by atoms with Gasteiger partial charge < -0.3 is 0 Å². The van der Waals surface area contributed by atoms with Gasteiger partial charge in [-0.3, -0.25) is 0 Å². The predicted octanol–water partition coefficient (Wildman–Crippen LogP) is 1.89. The molecule has 0 aromatic carbocycles. The van der Waals surface area contributed by atoms with Crippen molar-refractivity contribution < 1.29 is 4.11 Å². The van der Waals surface area contributed by atoms with Crippen LogP contribution < -0.4 is 0 Å². The molecule has 0 N–H and O–H groups in total. The first-order valence-corrected chi connectivity index (χ1v) is 12.7. The van der Waals surface area contributed by atoms with Gasteiger partial charge in [0.1, 0.15) is 0 Å². The van der Waals surface area contributed by atoms with E-state index in [1.807, 2.05) is 18.4 Å². The van der Waals surface area contributed by atoms with Crippen LogP contribution in [0.1, 0.15) is 11.0 Å². The van der Waals surface area contributed by atoms with Crippen molar-refractivity contribution >= 4 is 28.4 Å². The second kappa shape index (κ2) is 3.99. The third-order valence-corrected chi connectivity index (χ3v) is 18.9. The zero-order valence-electron chi connectivity index (χ0n) is 11.1. The summed E-state index contributed by atoms with van der Waals surface area (Å²) in [6.07, 6.45) is 0. The first-order valence-electron chi connectivity index (χ1n) is 5.40. The molecular weight excluding hydrogens is 217 g/mol. The van der Waals surface area contributed by atoms with Crippen molar-refractivity contribution in [2.24, 2.45) is 0 Å². The zero-order valence-corrected chi connectivity index (χ0v) is 10.3. The van der Waals surface area contributed by atoms with Gasteiger partial charge in [-0.2, -0.15) is 0 Å². The SMILES string of the molecule is [2H][C]([2H])([2H])[Ge]([2H])([CH3])[C@H](C)[Ge]([2H])([CH3])[CH3]. The van der Waals surface area contributed by atoms with E-state index in [0.29, 0.717) is 0 Å². The molecule has 2 atom stereocenters. The maximum absolute atomic E-state index is 7.99. The molecule has 2 heteroatoms. The summed E-state index contributed by atoms with van der Waals surface area (Å²) < 4.78 is 37.8. The molecule has 0 nitrogen and oxygen atoms in total. The molecule has 0 aliphatic carbocycles. The fraction of sp³-hybridized carbons (Fsp3) is 1.00. The Kier molecular flexibility index (Phi) is 1.73. The fourth-order valence-corrected chi connectivity index (χ4v) is 11.7. The Morgan fingerprint density at radius 3 is 2.00 bits per heavy atom. The van der Waals surface area contributed by atoms with Crippen molar-refractivity contribution in [3.63, 3.8) is 0 Å². The van der Waals surface area contributed by atoms with E-state index in [-0.39, 0.29) is 3.58 Å². The molecule has 0 radical (unpaired) electrons. The number of hydrogen-bond acceptors (Lipinski definition) is 0. The number of hydrogen-bond donors (Lipinski definition) is 0. The molecule has 8 heavy (non-hydrogen) atoms. The molecule has 0 aliphatic rings. The Morgan fingerprint density at radius 2 is 1.88 bits per heavy atom. The van der Waals surface area contributed by atoms with E-state index in [0.717, 1.165) is 0 Å². The van der Waals surface area contributed by atoms with Crippen molar-refractivity contribution in [1.29, 1.82) is 1.85 Å². The van der Waals surface area contributed by atoms with Gasteiger partial charge in [-0.25, -0.2) is 0 Å². The summed E-state index contributed by atoms with van der Waals surface area (Å²) in [4.78, 5) is 0. The summed E-state index contributed by atoms with van der Waals surface area (Å²) in [5.74, 6) is 5.35. The van der Waals surface area contributed by atoms with Crippen LogP contribution in [0.3, 0.4) is 0 Å². The van der Waals surface area contributed by atoms with Gasteiger partial charge in [0.25, 0.3) is 0 Å². The van der Waals surface area contributed by atoms with Crippen LogP contribution in [-0.2, 0) is 0 Å². The first kappa shape index (κ1) is 3.47. The monoisotopic (exact) mass is 243 g/mol. The van der Waals surface area contributed by atoms with E-state index in [4.69, 9.17) is 5.97 Å². The van der Waals surface area contributed by atoms with Gasteiger partial charge in [0, 0.05) is 0 Å². The Labute approximate surface area is 68.2 Å². The van der Waals surface area contributed by atoms with Crippen LogP contribution in [0.5, 0.6) is 0 Å². The third kappa shape index (κ3) is 3.18. The molecule has 1 unspecified atom stereocenters. The molecule has 0 aromatic heterocycles. The van der Waals surface area contributed by atoms with Gasteiger partial charge in [0.15, 0.2) is 0 Å².